The van der Waals surface area contributed by atoms with Crippen LogP contribution in [0.2, 0.25) is 0 Å². The lowest BCUT2D eigenvalue weighted by Crippen LogP contribution is -2.54. The van der Waals surface area contributed by atoms with Gasteiger partial charge in [0.15, 0.2) is 5.11 Å². The average molecular weight is 523 g/mol. The summed E-state index contributed by atoms with van der Waals surface area (Å²) in [5.74, 6) is -1.30. The van der Waals surface area contributed by atoms with Gasteiger partial charge in [-0.05, 0) is 76.4 Å². The molecule has 0 aliphatic carbocycles. The van der Waals surface area contributed by atoms with Crippen LogP contribution >= 0.6 is 12.2 Å². The van der Waals surface area contributed by atoms with Crippen LogP contribution in [0.15, 0.2) is 103 Å². The summed E-state index contributed by atoms with van der Waals surface area (Å²) in [5.41, 5.74) is 2.33. The molecule has 1 N–H and O–H groups in total. The predicted molar refractivity (Wildman–Crippen MR) is 151 cm³/mol. The van der Waals surface area contributed by atoms with Crippen LogP contribution < -0.4 is 15.0 Å². The molecule has 7 heteroatoms. The van der Waals surface area contributed by atoms with Crippen molar-refractivity contribution in [3.8, 4) is 5.75 Å². The van der Waals surface area contributed by atoms with Crippen LogP contribution in [0.25, 0.3) is 16.8 Å². The monoisotopic (exact) mass is 522 g/mol. The van der Waals surface area contributed by atoms with E-state index in [-0.39, 0.29) is 16.4 Å². The molecule has 5 rings (SSSR count). The zero-order valence-electron chi connectivity index (χ0n) is 20.3. The molecule has 4 aromatic carbocycles. The summed E-state index contributed by atoms with van der Waals surface area (Å²) in [7, 11) is 0. The van der Waals surface area contributed by atoms with Crippen LogP contribution in [0, 0.1) is 5.82 Å². The van der Waals surface area contributed by atoms with Crippen molar-refractivity contribution in [1.29, 1.82) is 0 Å². The van der Waals surface area contributed by atoms with Crippen LogP contribution in [-0.2, 0) is 22.6 Å². The van der Waals surface area contributed by atoms with Crippen molar-refractivity contribution < 1.29 is 18.7 Å². The molecule has 0 spiro atoms. The number of para-hydroxylation sites is 1. The maximum atomic E-state index is 14.4. The number of anilines is 1. The van der Waals surface area contributed by atoms with E-state index < -0.39 is 17.6 Å². The molecule has 188 valence electrons. The van der Waals surface area contributed by atoms with Crippen molar-refractivity contribution in [2.24, 2.45) is 0 Å². The Morgan fingerprint density at radius 2 is 1.71 bits per heavy atom. The van der Waals surface area contributed by atoms with E-state index in [4.69, 9.17) is 17.0 Å². The standard InChI is InChI=1S/C31H23FN2O3S/c1-2-8-22-17-20(15-16-28(22)37-19-23-11-7-10-21-9-3-4-12-24(21)23)18-25-29(35)33-31(38)34(30(25)36)27-14-6-5-13-26(27)32/h2-7,9-18H,1,8,19H2,(H,33,35,38)/b25-18+. The minimum atomic E-state index is -0.703. The quantitative estimate of drug-likeness (QED) is 0.138. The highest BCUT2D eigenvalue weighted by molar-refractivity contribution is 7.80. The third kappa shape index (κ3) is 4.96. The number of hydrogen-bond donors (Lipinski definition) is 1. The van der Waals surface area contributed by atoms with Crippen molar-refractivity contribution in [1.82, 2.24) is 5.32 Å². The number of nitrogens with one attached hydrogen (secondary N) is 1. The molecule has 0 saturated carbocycles. The fourth-order valence-electron chi connectivity index (χ4n) is 4.39. The molecule has 38 heavy (non-hydrogen) atoms. The number of hydrogen-bond acceptors (Lipinski definition) is 4. The average Bonchev–Trinajstić information content (AvgIpc) is 2.91. The highest BCUT2D eigenvalue weighted by atomic mass is 32.1. The number of thiocarbonyl (C=S) groups is 1. The zero-order chi connectivity index (χ0) is 26.6. The van der Waals surface area contributed by atoms with Gasteiger partial charge in [-0.2, -0.15) is 0 Å². The number of amides is 2. The minimum absolute atomic E-state index is 0.0297. The lowest BCUT2D eigenvalue weighted by atomic mass is 10.0. The van der Waals surface area contributed by atoms with Crippen LogP contribution in [0.5, 0.6) is 5.75 Å². The van der Waals surface area contributed by atoms with Gasteiger partial charge in [0, 0.05) is 0 Å². The second-order valence-electron chi connectivity index (χ2n) is 8.70. The highest BCUT2D eigenvalue weighted by Crippen LogP contribution is 2.28. The molecule has 1 heterocycles. The van der Waals surface area contributed by atoms with Gasteiger partial charge in [0.25, 0.3) is 11.8 Å². The van der Waals surface area contributed by atoms with Gasteiger partial charge < -0.3 is 4.74 Å². The number of benzene rings is 4. The van der Waals surface area contributed by atoms with Crippen molar-refractivity contribution in [2.45, 2.75) is 13.0 Å². The Morgan fingerprint density at radius 3 is 2.53 bits per heavy atom. The topological polar surface area (TPSA) is 58.6 Å². The van der Waals surface area contributed by atoms with Crippen molar-refractivity contribution in [3.63, 3.8) is 0 Å². The van der Waals surface area contributed by atoms with Gasteiger partial charge in [0.1, 0.15) is 23.7 Å². The van der Waals surface area contributed by atoms with E-state index in [9.17, 15) is 14.0 Å². The smallest absolute Gasteiger partial charge is 0.270 e. The summed E-state index contributed by atoms with van der Waals surface area (Å²) >= 11 is 5.16. The predicted octanol–water partition coefficient (Wildman–Crippen LogP) is 6.12. The van der Waals surface area contributed by atoms with E-state index in [1.54, 1.807) is 24.3 Å². The van der Waals surface area contributed by atoms with E-state index >= 15 is 0 Å². The van der Waals surface area contributed by atoms with Crippen LogP contribution in [0.1, 0.15) is 16.7 Å². The molecule has 1 saturated heterocycles. The number of carbonyl (C=O) groups excluding carboxylic acids is 2. The SMILES string of the molecule is C=CCc1cc(/C=C2\C(=O)NC(=S)N(c3ccccc3F)C2=O)ccc1OCc1cccc2ccccc12. The second-order valence-corrected chi connectivity index (χ2v) is 9.08. The first-order chi connectivity index (χ1) is 18.5. The Kier molecular flexibility index (Phi) is 7.11. The Labute approximate surface area is 224 Å². The van der Waals surface area contributed by atoms with Gasteiger partial charge in [0.2, 0.25) is 0 Å². The molecule has 0 atom stereocenters. The number of carbonyl (C=O) groups is 2. The molecule has 0 aromatic heterocycles. The van der Waals surface area contributed by atoms with Gasteiger partial charge in [-0.1, -0.05) is 66.7 Å². The number of fused-ring (bicyclic) bond motifs is 1. The lowest BCUT2D eigenvalue weighted by Gasteiger charge is -2.29. The minimum Gasteiger partial charge on any atom is -0.489 e. The Morgan fingerprint density at radius 1 is 0.947 bits per heavy atom. The molecule has 1 fully saturated rings. The molecular weight excluding hydrogens is 499 g/mol. The van der Waals surface area contributed by atoms with E-state index in [0.29, 0.717) is 24.3 Å². The molecule has 5 nitrogen and oxygen atoms in total. The fraction of sp³-hybridized carbons (Fsp3) is 0.0645. The van der Waals surface area contributed by atoms with Crippen molar-refractivity contribution in [2.75, 3.05) is 4.90 Å². The zero-order valence-corrected chi connectivity index (χ0v) is 21.1. The third-order valence-electron chi connectivity index (χ3n) is 6.22. The summed E-state index contributed by atoms with van der Waals surface area (Å²) in [6.45, 7) is 4.22. The summed E-state index contributed by atoms with van der Waals surface area (Å²) in [6.07, 6.45) is 3.75. The molecule has 1 aliphatic rings. The van der Waals surface area contributed by atoms with E-state index in [0.717, 1.165) is 26.8 Å². The van der Waals surface area contributed by atoms with Gasteiger partial charge in [-0.25, -0.2) is 9.29 Å². The molecule has 0 unspecified atom stereocenters. The fourth-order valence-corrected chi connectivity index (χ4v) is 4.67. The first kappa shape index (κ1) is 25.0. The van der Waals surface area contributed by atoms with Crippen LogP contribution in [0.4, 0.5) is 10.1 Å². The maximum Gasteiger partial charge on any atom is 0.270 e. The molecule has 1 aliphatic heterocycles. The van der Waals surface area contributed by atoms with Gasteiger partial charge in [-0.3, -0.25) is 14.9 Å². The number of allylic oxidation sites excluding steroid dienone is 1. The number of nitrogens with zero attached hydrogens (tertiary/aromatic N) is 1. The summed E-state index contributed by atoms with van der Waals surface area (Å²) in [5, 5.41) is 4.57. The van der Waals surface area contributed by atoms with E-state index in [1.165, 1.54) is 24.3 Å². The van der Waals surface area contributed by atoms with E-state index in [1.807, 2.05) is 30.3 Å². The Hall–Kier alpha value is -4.62. The van der Waals surface area contributed by atoms with Crippen LogP contribution in [0.3, 0.4) is 0 Å². The molecule has 0 bridgehead atoms. The number of rotatable bonds is 7. The largest absolute Gasteiger partial charge is 0.489 e. The summed E-state index contributed by atoms with van der Waals surface area (Å²) < 4.78 is 20.6. The molecule has 0 radical (unpaired) electrons. The number of halogens is 1. The maximum absolute atomic E-state index is 14.4. The van der Waals surface area contributed by atoms with Crippen molar-refractivity contribution in [3.05, 3.63) is 126 Å². The molecule has 2 amide bonds. The number of ether oxygens (including phenoxy) is 1. The van der Waals surface area contributed by atoms with Gasteiger partial charge in [0.05, 0.1) is 5.69 Å². The van der Waals surface area contributed by atoms with E-state index in [2.05, 4.69) is 30.1 Å². The first-order valence-corrected chi connectivity index (χ1v) is 12.4. The van der Waals surface area contributed by atoms with Gasteiger partial charge >= 0.3 is 0 Å². The molecular formula is C31H23FN2O3S. The normalized spacial score (nSPS) is 14.6. The van der Waals surface area contributed by atoms with Crippen LogP contribution in [-0.4, -0.2) is 16.9 Å². The highest BCUT2D eigenvalue weighted by Gasteiger charge is 2.35. The Balaban J connectivity index is 1.43. The van der Waals surface area contributed by atoms with Crippen molar-refractivity contribution >= 4 is 51.7 Å². The summed E-state index contributed by atoms with van der Waals surface area (Å²) in [6, 6.07) is 25.4. The Bertz CT molecular complexity index is 1620. The first-order valence-electron chi connectivity index (χ1n) is 12.0. The lowest BCUT2D eigenvalue weighted by molar-refractivity contribution is -0.122. The third-order valence-corrected chi connectivity index (χ3v) is 6.50. The second kappa shape index (κ2) is 10.8. The molecule has 4 aromatic rings. The summed E-state index contributed by atoms with van der Waals surface area (Å²) in [4.78, 5) is 26.9. The van der Waals surface area contributed by atoms with Gasteiger partial charge in [-0.15, -0.1) is 6.58 Å².